The summed E-state index contributed by atoms with van der Waals surface area (Å²) in [7, 11) is -2.50. The van der Waals surface area contributed by atoms with E-state index < -0.39 is 8.07 Å². The normalized spacial score (nSPS) is 13.4. The molecule has 1 aliphatic heterocycles. The largest absolute Gasteiger partial charge is 0.180 e. The minimum absolute atomic E-state index is 0.788. The lowest BCUT2D eigenvalue weighted by atomic mass is 10.0. The van der Waals surface area contributed by atoms with Gasteiger partial charge in [0.25, 0.3) is 0 Å². The van der Waals surface area contributed by atoms with Crippen LogP contribution in [0.3, 0.4) is 0 Å². The van der Waals surface area contributed by atoms with E-state index in [1.807, 2.05) is 12.1 Å². The van der Waals surface area contributed by atoms with Crippen LogP contribution in [-0.4, -0.2) is 8.07 Å². The van der Waals surface area contributed by atoms with Gasteiger partial charge in [0.15, 0.2) is 8.07 Å². The molecule has 5 aromatic carbocycles. The Labute approximate surface area is 207 Å². The highest BCUT2D eigenvalue weighted by molar-refractivity contribution is 7.22. The topological polar surface area (TPSA) is 0 Å². The average molecular weight is 473 g/mol. The molecule has 0 aromatic heterocycles. The standard InChI is InChI=1S/C32H25ClSi/c1-22-11-16-25(17-12-22)34(26-18-13-23(2)14-19-26)31-10-6-4-8-28(31)29-20-15-24(21-32(29)34)27-7-3-5-9-30(27)33/h3-21H,1-2H3. The number of aryl methyl sites for hydroxylation is 2. The smallest absolute Gasteiger partial charge is 0.0837 e. The molecular weight excluding hydrogens is 448 g/mol. The van der Waals surface area contributed by atoms with Crippen molar-refractivity contribution in [3.05, 3.63) is 131 Å². The lowest BCUT2D eigenvalue weighted by Gasteiger charge is -2.31. The van der Waals surface area contributed by atoms with E-state index in [-0.39, 0.29) is 0 Å². The van der Waals surface area contributed by atoms with Crippen LogP contribution in [0.25, 0.3) is 22.3 Å². The number of fused-ring (bicyclic) bond motifs is 3. The molecule has 0 amide bonds. The molecule has 0 saturated carbocycles. The highest BCUT2D eigenvalue weighted by Gasteiger charge is 2.48. The van der Waals surface area contributed by atoms with Gasteiger partial charge in [-0.15, -0.1) is 0 Å². The van der Waals surface area contributed by atoms with E-state index in [4.69, 9.17) is 11.6 Å². The zero-order chi connectivity index (χ0) is 23.3. The van der Waals surface area contributed by atoms with Gasteiger partial charge in [0.2, 0.25) is 0 Å². The van der Waals surface area contributed by atoms with Crippen LogP contribution in [0.2, 0.25) is 5.02 Å². The molecule has 2 heteroatoms. The molecule has 0 fully saturated rings. The maximum atomic E-state index is 6.65. The lowest BCUT2D eigenvalue weighted by Crippen LogP contribution is -2.72. The van der Waals surface area contributed by atoms with Crippen molar-refractivity contribution in [2.24, 2.45) is 0 Å². The van der Waals surface area contributed by atoms with Crippen molar-refractivity contribution in [3.8, 4) is 22.3 Å². The minimum atomic E-state index is -2.50. The van der Waals surface area contributed by atoms with Crippen molar-refractivity contribution in [1.29, 1.82) is 0 Å². The third-order valence-corrected chi connectivity index (χ3v) is 12.4. The van der Waals surface area contributed by atoms with Crippen LogP contribution in [0.15, 0.2) is 115 Å². The SMILES string of the molecule is Cc1ccc([Si]2(c3ccc(C)cc3)c3ccccc3-c3ccc(-c4ccccc4Cl)cc32)cc1. The molecule has 1 heterocycles. The number of rotatable bonds is 3. The van der Waals surface area contributed by atoms with Gasteiger partial charge in [-0.05, 0) is 57.4 Å². The number of hydrogen-bond donors (Lipinski definition) is 0. The van der Waals surface area contributed by atoms with Gasteiger partial charge in [-0.2, -0.15) is 0 Å². The van der Waals surface area contributed by atoms with E-state index in [0.717, 1.165) is 10.6 Å². The third kappa shape index (κ3) is 3.12. The van der Waals surface area contributed by atoms with Gasteiger partial charge in [-0.3, -0.25) is 0 Å². The fourth-order valence-corrected chi connectivity index (χ4v) is 10.9. The van der Waals surface area contributed by atoms with Crippen LogP contribution >= 0.6 is 11.6 Å². The Hall–Kier alpha value is -3.39. The highest BCUT2D eigenvalue weighted by atomic mass is 35.5. The second-order valence-corrected chi connectivity index (χ2v) is 13.4. The molecule has 0 spiro atoms. The van der Waals surface area contributed by atoms with Crippen LogP contribution in [-0.2, 0) is 0 Å². The summed E-state index contributed by atoms with van der Waals surface area (Å²) < 4.78 is 0. The molecule has 0 saturated heterocycles. The molecule has 0 atom stereocenters. The first-order valence-corrected chi connectivity index (χ1v) is 14.1. The minimum Gasteiger partial charge on any atom is -0.0837 e. The quantitative estimate of drug-likeness (QED) is 0.278. The monoisotopic (exact) mass is 472 g/mol. The van der Waals surface area contributed by atoms with Crippen molar-refractivity contribution < 1.29 is 0 Å². The first-order chi connectivity index (χ1) is 16.6. The summed E-state index contributed by atoms with van der Waals surface area (Å²) in [5.74, 6) is 0. The van der Waals surface area contributed by atoms with E-state index in [1.165, 1.54) is 48.6 Å². The molecule has 34 heavy (non-hydrogen) atoms. The Morgan fingerprint density at radius 2 is 1.03 bits per heavy atom. The van der Waals surface area contributed by atoms with Crippen LogP contribution < -0.4 is 20.7 Å². The second kappa shape index (κ2) is 8.13. The number of hydrogen-bond acceptors (Lipinski definition) is 0. The predicted octanol–water partition coefficient (Wildman–Crippen LogP) is 5.98. The predicted molar refractivity (Wildman–Crippen MR) is 149 cm³/mol. The summed E-state index contributed by atoms with van der Waals surface area (Å²) >= 11 is 6.65. The molecule has 5 aromatic rings. The van der Waals surface area contributed by atoms with Crippen molar-refractivity contribution in [2.45, 2.75) is 13.8 Å². The Morgan fingerprint density at radius 1 is 0.500 bits per heavy atom. The van der Waals surface area contributed by atoms with Crippen molar-refractivity contribution in [1.82, 2.24) is 0 Å². The molecule has 0 unspecified atom stereocenters. The molecule has 0 aliphatic carbocycles. The first-order valence-electron chi connectivity index (χ1n) is 11.7. The van der Waals surface area contributed by atoms with E-state index >= 15 is 0 Å². The molecule has 0 bridgehead atoms. The highest BCUT2D eigenvalue weighted by Crippen LogP contribution is 2.33. The molecule has 1 aliphatic rings. The maximum absolute atomic E-state index is 6.65. The summed E-state index contributed by atoms with van der Waals surface area (Å²) in [6.07, 6.45) is 0. The van der Waals surface area contributed by atoms with Gasteiger partial charge >= 0.3 is 0 Å². The van der Waals surface area contributed by atoms with Gasteiger partial charge in [-0.1, -0.05) is 132 Å². The van der Waals surface area contributed by atoms with E-state index in [2.05, 4.69) is 117 Å². The Kier molecular flexibility index (Phi) is 5.06. The summed E-state index contributed by atoms with van der Waals surface area (Å²) in [5, 5.41) is 6.54. The summed E-state index contributed by atoms with van der Waals surface area (Å²) in [6.45, 7) is 4.33. The first kappa shape index (κ1) is 21.2. The zero-order valence-corrected chi connectivity index (χ0v) is 21.1. The van der Waals surface area contributed by atoms with Crippen LogP contribution in [0, 0.1) is 13.8 Å². The van der Waals surface area contributed by atoms with Gasteiger partial charge in [-0.25, -0.2) is 0 Å². The van der Waals surface area contributed by atoms with Gasteiger partial charge in [0.05, 0.1) is 0 Å². The van der Waals surface area contributed by atoms with E-state index in [0.29, 0.717) is 0 Å². The summed E-state index contributed by atoms with van der Waals surface area (Å²) in [4.78, 5) is 0. The second-order valence-electron chi connectivity index (χ2n) is 9.27. The van der Waals surface area contributed by atoms with Gasteiger partial charge in [0, 0.05) is 10.6 Å². The molecule has 164 valence electrons. The van der Waals surface area contributed by atoms with Gasteiger partial charge < -0.3 is 0 Å². The molecule has 0 nitrogen and oxygen atoms in total. The fraction of sp³-hybridized carbons (Fsp3) is 0.0625. The lowest BCUT2D eigenvalue weighted by molar-refractivity contribution is 1.48. The van der Waals surface area contributed by atoms with E-state index in [9.17, 15) is 0 Å². The molecule has 0 N–H and O–H groups in total. The Balaban J connectivity index is 1.74. The Bertz CT molecular complexity index is 1470. The van der Waals surface area contributed by atoms with Crippen molar-refractivity contribution in [2.75, 3.05) is 0 Å². The van der Waals surface area contributed by atoms with Crippen molar-refractivity contribution >= 4 is 40.4 Å². The van der Waals surface area contributed by atoms with Crippen LogP contribution in [0.4, 0.5) is 0 Å². The van der Waals surface area contributed by atoms with Crippen molar-refractivity contribution in [3.63, 3.8) is 0 Å². The van der Waals surface area contributed by atoms with Crippen LogP contribution in [0.5, 0.6) is 0 Å². The Morgan fingerprint density at radius 3 is 1.65 bits per heavy atom. The average Bonchev–Trinajstić information content (AvgIpc) is 3.16. The number of halogens is 1. The van der Waals surface area contributed by atoms with E-state index in [1.54, 1.807) is 0 Å². The molecule has 6 rings (SSSR count). The molecular formula is C32H25ClSi. The van der Waals surface area contributed by atoms with Crippen LogP contribution in [0.1, 0.15) is 11.1 Å². The summed E-state index contributed by atoms with van der Waals surface area (Å²) in [6, 6.07) is 42.6. The molecule has 0 radical (unpaired) electrons. The third-order valence-electron chi connectivity index (χ3n) is 7.20. The summed E-state index contributed by atoms with van der Waals surface area (Å²) in [5.41, 5.74) is 7.53. The van der Waals surface area contributed by atoms with Gasteiger partial charge in [0.1, 0.15) is 0 Å². The fourth-order valence-electron chi connectivity index (χ4n) is 5.54. The maximum Gasteiger partial charge on any atom is 0.180 e. The number of benzene rings is 5. The zero-order valence-electron chi connectivity index (χ0n) is 19.3.